The maximum atomic E-state index is 5.70. The van der Waals surface area contributed by atoms with Crippen LogP contribution >= 0.6 is 0 Å². The minimum Gasteiger partial charge on any atom is -0.444 e. The minimum atomic E-state index is 0.396. The number of nitrogens with zero attached hydrogens (tertiary/aromatic N) is 1. The van der Waals surface area contributed by atoms with Crippen LogP contribution in [0.15, 0.2) is 10.6 Å². The number of fused-ring (bicyclic) bond motifs is 2. The van der Waals surface area contributed by atoms with Gasteiger partial charge in [0, 0.05) is 12.5 Å². The SMILES string of the molecule is CCc1cnc(CNC2C(C)(C)[C@H]3CC[C@]2(C)C3)o1. The van der Waals surface area contributed by atoms with Gasteiger partial charge >= 0.3 is 0 Å². The normalized spacial score (nSPS) is 36.0. The van der Waals surface area contributed by atoms with E-state index >= 15 is 0 Å². The van der Waals surface area contributed by atoms with Crippen LogP contribution in [0.4, 0.5) is 0 Å². The highest BCUT2D eigenvalue weighted by Gasteiger charge is 2.58. The molecule has 2 fully saturated rings. The number of aromatic nitrogens is 1. The fourth-order valence-electron chi connectivity index (χ4n) is 4.59. The molecule has 2 aliphatic carbocycles. The number of aryl methyl sites for hydroxylation is 1. The van der Waals surface area contributed by atoms with Crippen molar-refractivity contribution in [3.05, 3.63) is 17.8 Å². The van der Waals surface area contributed by atoms with Gasteiger partial charge in [0.2, 0.25) is 5.89 Å². The van der Waals surface area contributed by atoms with E-state index in [1.807, 2.05) is 6.20 Å². The molecular weight excluding hydrogens is 236 g/mol. The lowest BCUT2D eigenvalue weighted by Gasteiger charge is -2.43. The molecule has 1 heterocycles. The van der Waals surface area contributed by atoms with Crippen molar-refractivity contribution in [2.75, 3.05) is 0 Å². The van der Waals surface area contributed by atoms with Crippen molar-refractivity contribution in [1.82, 2.24) is 10.3 Å². The highest BCUT2D eigenvalue weighted by Crippen LogP contribution is 2.62. The molecule has 19 heavy (non-hydrogen) atoms. The summed E-state index contributed by atoms with van der Waals surface area (Å²) in [5, 5.41) is 3.74. The molecule has 0 spiro atoms. The zero-order valence-electron chi connectivity index (χ0n) is 12.6. The number of hydrogen-bond donors (Lipinski definition) is 1. The Morgan fingerprint density at radius 1 is 1.42 bits per heavy atom. The molecule has 106 valence electrons. The molecule has 1 N–H and O–H groups in total. The van der Waals surface area contributed by atoms with Crippen LogP contribution in [0.3, 0.4) is 0 Å². The molecule has 0 aliphatic heterocycles. The zero-order valence-corrected chi connectivity index (χ0v) is 12.6. The average molecular weight is 262 g/mol. The Balaban J connectivity index is 1.69. The molecule has 0 aromatic carbocycles. The molecule has 3 heteroatoms. The topological polar surface area (TPSA) is 38.1 Å². The summed E-state index contributed by atoms with van der Waals surface area (Å²) in [5.41, 5.74) is 0.863. The second-order valence-electron chi connectivity index (χ2n) is 7.30. The van der Waals surface area contributed by atoms with Crippen LogP contribution in [-0.4, -0.2) is 11.0 Å². The first-order valence-corrected chi connectivity index (χ1v) is 7.62. The van der Waals surface area contributed by atoms with E-state index in [2.05, 4.69) is 38.0 Å². The van der Waals surface area contributed by atoms with Crippen LogP contribution in [0.25, 0.3) is 0 Å². The maximum absolute atomic E-state index is 5.70. The van der Waals surface area contributed by atoms with Crippen molar-refractivity contribution in [1.29, 1.82) is 0 Å². The molecular formula is C16H26N2O. The maximum Gasteiger partial charge on any atom is 0.208 e. The lowest BCUT2D eigenvalue weighted by molar-refractivity contribution is 0.105. The molecule has 2 aliphatic rings. The molecule has 3 rings (SSSR count). The molecule has 1 aromatic heterocycles. The standard InChI is InChI=1S/C16H26N2O/c1-5-12-9-17-13(19-12)10-18-14-15(2,3)11-6-7-16(14,4)8-11/h9,11,14,18H,5-8,10H2,1-4H3/t11-,14?,16+/m0/s1. The highest BCUT2D eigenvalue weighted by atomic mass is 16.4. The second-order valence-corrected chi connectivity index (χ2v) is 7.30. The predicted molar refractivity (Wildman–Crippen MR) is 75.7 cm³/mol. The molecule has 0 radical (unpaired) electrons. The van der Waals surface area contributed by atoms with Crippen molar-refractivity contribution >= 4 is 0 Å². The summed E-state index contributed by atoms with van der Waals surface area (Å²) in [6, 6.07) is 0.579. The fourth-order valence-corrected chi connectivity index (χ4v) is 4.59. The number of oxazole rings is 1. The van der Waals surface area contributed by atoms with E-state index in [4.69, 9.17) is 4.42 Å². The van der Waals surface area contributed by atoms with E-state index in [1.54, 1.807) is 0 Å². The van der Waals surface area contributed by atoms with Gasteiger partial charge in [0.15, 0.2) is 0 Å². The lowest BCUT2D eigenvalue weighted by Crippen LogP contribution is -2.49. The Kier molecular flexibility index (Phi) is 3.01. The van der Waals surface area contributed by atoms with Gasteiger partial charge in [0.05, 0.1) is 12.7 Å². The molecule has 0 amide bonds. The zero-order chi connectivity index (χ0) is 13.7. The van der Waals surface area contributed by atoms with Gasteiger partial charge in [-0.2, -0.15) is 0 Å². The summed E-state index contributed by atoms with van der Waals surface area (Å²) < 4.78 is 5.70. The van der Waals surface area contributed by atoms with Crippen molar-refractivity contribution in [2.45, 2.75) is 66.0 Å². The monoisotopic (exact) mass is 262 g/mol. The minimum absolute atomic E-state index is 0.396. The quantitative estimate of drug-likeness (QED) is 0.902. The Bertz CT molecular complexity index is 460. The van der Waals surface area contributed by atoms with Gasteiger partial charge in [-0.15, -0.1) is 0 Å². The van der Waals surface area contributed by atoms with Gasteiger partial charge in [-0.1, -0.05) is 27.7 Å². The second kappa shape index (κ2) is 4.34. The number of nitrogens with one attached hydrogen (secondary N) is 1. The van der Waals surface area contributed by atoms with E-state index in [1.165, 1.54) is 19.3 Å². The van der Waals surface area contributed by atoms with Crippen molar-refractivity contribution in [3.63, 3.8) is 0 Å². The molecule has 1 aromatic rings. The van der Waals surface area contributed by atoms with E-state index < -0.39 is 0 Å². The van der Waals surface area contributed by atoms with Gasteiger partial charge < -0.3 is 9.73 Å². The molecule has 0 saturated heterocycles. The van der Waals surface area contributed by atoms with E-state index in [0.29, 0.717) is 16.9 Å². The van der Waals surface area contributed by atoms with Crippen LogP contribution < -0.4 is 5.32 Å². The third-order valence-electron chi connectivity index (χ3n) is 5.68. The largest absolute Gasteiger partial charge is 0.444 e. The molecule has 2 saturated carbocycles. The van der Waals surface area contributed by atoms with Gasteiger partial charge in [-0.05, 0) is 36.0 Å². The Morgan fingerprint density at radius 2 is 2.21 bits per heavy atom. The van der Waals surface area contributed by atoms with Gasteiger partial charge in [0.1, 0.15) is 5.76 Å². The fraction of sp³-hybridized carbons (Fsp3) is 0.812. The smallest absolute Gasteiger partial charge is 0.208 e. The first-order valence-electron chi connectivity index (χ1n) is 7.62. The van der Waals surface area contributed by atoms with E-state index in [9.17, 15) is 0 Å². The van der Waals surface area contributed by atoms with Crippen molar-refractivity contribution in [2.24, 2.45) is 16.7 Å². The lowest BCUT2D eigenvalue weighted by atomic mass is 9.68. The molecule has 1 unspecified atom stereocenters. The number of rotatable bonds is 4. The summed E-state index contributed by atoms with van der Waals surface area (Å²) in [5.74, 6) is 2.69. The highest BCUT2D eigenvalue weighted by molar-refractivity contribution is 5.12. The Morgan fingerprint density at radius 3 is 2.79 bits per heavy atom. The molecule has 3 nitrogen and oxygen atoms in total. The average Bonchev–Trinajstić information content (AvgIpc) is 2.99. The molecule has 2 bridgehead atoms. The van der Waals surface area contributed by atoms with Crippen LogP contribution in [0, 0.1) is 16.7 Å². The third-order valence-corrected chi connectivity index (χ3v) is 5.68. The number of hydrogen-bond acceptors (Lipinski definition) is 3. The van der Waals surface area contributed by atoms with Gasteiger partial charge in [0.25, 0.3) is 0 Å². The van der Waals surface area contributed by atoms with Crippen molar-refractivity contribution < 1.29 is 4.42 Å². The summed E-state index contributed by atoms with van der Waals surface area (Å²) >= 11 is 0. The summed E-state index contributed by atoms with van der Waals surface area (Å²) in [7, 11) is 0. The van der Waals surface area contributed by atoms with Gasteiger partial charge in [-0.25, -0.2) is 4.98 Å². The Labute approximate surface area is 116 Å². The molecule has 3 atom stereocenters. The van der Waals surface area contributed by atoms with Crippen molar-refractivity contribution in [3.8, 4) is 0 Å². The third kappa shape index (κ3) is 2.03. The van der Waals surface area contributed by atoms with E-state index in [0.717, 1.165) is 30.5 Å². The van der Waals surface area contributed by atoms with E-state index in [-0.39, 0.29) is 0 Å². The summed E-state index contributed by atoms with van der Waals surface area (Å²) in [4.78, 5) is 4.35. The summed E-state index contributed by atoms with van der Waals surface area (Å²) in [6.45, 7) is 10.2. The summed E-state index contributed by atoms with van der Waals surface area (Å²) in [6.07, 6.45) is 6.92. The van der Waals surface area contributed by atoms with Gasteiger partial charge in [-0.3, -0.25) is 0 Å². The van der Waals surface area contributed by atoms with Crippen LogP contribution in [-0.2, 0) is 13.0 Å². The van der Waals surface area contributed by atoms with Crippen LogP contribution in [0.5, 0.6) is 0 Å². The Hall–Kier alpha value is -0.830. The predicted octanol–water partition coefficient (Wildman–Crippen LogP) is 3.54. The first-order chi connectivity index (χ1) is 8.95. The first kappa shape index (κ1) is 13.2. The van der Waals surface area contributed by atoms with Crippen LogP contribution in [0.1, 0.15) is 58.6 Å². The van der Waals surface area contributed by atoms with Crippen LogP contribution in [0.2, 0.25) is 0 Å².